The monoisotopic (exact) mass is 266 g/mol. The standard InChI is InChI=1S/C16H14N2O2/c19-14-7-12(8-15(20)9-14)11-18-6-5-17-10-13-3-1-2-4-16(13)18/h1-7,10H,8-9,11H2. The summed E-state index contributed by atoms with van der Waals surface area (Å²) in [6.45, 7) is 0.536. The third-order valence-corrected chi connectivity index (χ3v) is 3.33. The molecule has 0 aromatic heterocycles. The molecule has 0 spiro atoms. The van der Waals surface area contributed by atoms with E-state index in [1.54, 1.807) is 18.5 Å². The molecule has 1 heterocycles. The highest BCUT2D eigenvalue weighted by Gasteiger charge is 2.19. The van der Waals surface area contributed by atoms with Gasteiger partial charge in [-0.25, -0.2) is 0 Å². The molecular weight excluding hydrogens is 252 g/mol. The van der Waals surface area contributed by atoms with E-state index in [1.165, 1.54) is 0 Å². The van der Waals surface area contributed by atoms with Crippen molar-refractivity contribution in [3.8, 4) is 0 Å². The van der Waals surface area contributed by atoms with Crippen LogP contribution < -0.4 is 4.90 Å². The Kier molecular flexibility index (Phi) is 3.29. The van der Waals surface area contributed by atoms with Crippen molar-refractivity contribution >= 4 is 23.5 Å². The normalized spacial score (nSPS) is 17.8. The molecule has 0 saturated carbocycles. The Morgan fingerprint density at radius 1 is 1.15 bits per heavy atom. The smallest absolute Gasteiger partial charge is 0.163 e. The molecule has 0 bridgehead atoms. The Bertz CT molecular complexity index is 656. The number of hydrogen-bond acceptors (Lipinski definition) is 4. The van der Waals surface area contributed by atoms with E-state index in [-0.39, 0.29) is 18.0 Å². The summed E-state index contributed by atoms with van der Waals surface area (Å²) in [7, 11) is 0. The van der Waals surface area contributed by atoms with Gasteiger partial charge >= 0.3 is 0 Å². The molecule has 1 aliphatic carbocycles. The van der Waals surface area contributed by atoms with Gasteiger partial charge in [-0.1, -0.05) is 18.2 Å². The quantitative estimate of drug-likeness (QED) is 0.771. The van der Waals surface area contributed by atoms with Crippen LogP contribution in [-0.2, 0) is 9.59 Å². The molecule has 0 radical (unpaired) electrons. The van der Waals surface area contributed by atoms with Gasteiger partial charge in [0.15, 0.2) is 5.78 Å². The number of anilines is 1. The van der Waals surface area contributed by atoms with E-state index in [0.717, 1.165) is 16.8 Å². The van der Waals surface area contributed by atoms with Crippen molar-refractivity contribution in [1.29, 1.82) is 0 Å². The van der Waals surface area contributed by atoms with Gasteiger partial charge in [0.2, 0.25) is 0 Å². The van der Waals surface area contributed by atoms with Crippen molar-refractivity contribution in [1.82, 2.24) is 0 Å². The molecule has 0 unspecified atom stereocenters. The minimum Gasteiger partial charge on any atom is -0.342 e. The zero-order valence-corrected chi connectivity index (χ0v) is 11.0. The van der Waals surface area contributed by atoms with Crippen LogP contribution in [0.3, 0.4) is 0 Å². The molecule has 1 aliphatic heterocycles. The van der Waals surface area contributed by atoms with Gasteiger partial charge in [-0.2, -0.15) is 0 Å². The van der Waals surface area contributed by atoms with E-state index in [2.05, 4.69) is 4.99 Å². The van der Waals surface area contributed by atoms with Crippen molar-refractivity contribution in [3.05, 3.63) is 53.9 Å². The summed E-state index contributed by atoms with van der Waals surface area (Å²) >= 11 is 0. The summed E-state index contributed by atoms with van der Waals surface area (Å²) in [5.74, 6) is -0.101. The minimum absolute atomic E-state index is 0.00385. The third kappa shape index (κ3) is 2.59. The van der Waals surface area contributed by atoms with Crippen molar-refractivity contribution in [2.24, 2.45) is 4.99 Å². The van der Waals surface area contributed by atoms with Crippen LogP contribution in [0.1, 0.15) is 18.4 Å². The van der Waals surface area contributed by atoms with Crippen molar-refractivity contribution in [2.75, 3.05) is 11.4 Å². The van der Waals surface area contributed by atoms with Gasteiger partial charge < -0.3 is 4.90 Å². The van der Waals surface area contributed by atoms with E-state index in [1.807, 2.05) is 35.4 Å². The van der Waals surface area contributed by atoms with Crippen LogP contribution in [0.2, 0.25) is 0 Å². The molecule has 0 amide bonds. The highest BCUT2D eigenvalue weighted by Crippen LogP contribution is 2.24. The van der Waals surface area contributed by atoms with Gasteiger partial charge in [0.1, 0.15) is 5.78 Å². The summed E-state index contributed by atoms with van der Waals surface area (Å²) in [5.41, 5.74) is 2.90. The fourth-order valence-electron chi connectivity index (χ4n) is 2.48. The SMILES string of the molecule is O=C1C=C(CN2C=CN=Cc3ccccc32)CC(=O)C1. The average molecular weight is 266 g/mol. The van der Waals surface area contributed by atoms with E-state index >= 15 is 0 Å². The zero-order valence-electron chi connectivity index (χ0n) is 11.0. The first-order chi connectivity index (χ1) is 9.72. The summed E-state index contributed by atoms with van der Waals surface area (Å²) < 4.78 is 0. The second-order valence-corrected chi connectivity index (χ2v) is 4.92. The molecule has 20 heavy (non-hydrogen) atoms. The summed E-state index contributed by atoms with van der Waals surface area (Å²) in [5, 5.41) is 0. The van der Waals surface area contributed by atoms with Crippen molar-refractivity contribution in [2.45, 2.75) is 12.8 Å². The first-order valence-electron chi connectivity index (χ1n) is 6.52. The van der Waals surface area contributed by atoms with Gasteiger partial charge in [0.05, 0.1) is 6.42 Å². The molecule has 4 heteroatoms. The molecule has 0 saturated heterocycles. The van der Waals surface area contributed by atoms with E-state index < -0.39 is 0 Å². The molecule has 1 aromatic carbocycles. The summed E-state index contributed by atoms with van der Waals surface area (Å²) in [6, 6.07) is 7.92. The molecule has 2 aliphatic rings. The highest BCUT2D eigenvalue weighted by atomic mass is 16.1. The highest BCUT2D eigenvalue weighted by molar-refractivity contribution is 6.08. The van der Waals surface area contributed by atoms with E-state index in [9.17, 15) is 9.59 Å². The van der Waals surface area contributed by atoms with Crippen LogP contribution in [-0.4, -0.2) is 24.3 Å². The molecule has 1 aromatic rings. The van der Waals surface area contributed by atoms with Gasteiger partial charge in [-0.3, -0.25) is 14.6 Å². The van der Waals surface area contributed by atoms with Gasteiger partial charge in [0.25, 0.3) is 0 Å². The second-order valence-electron chi connectivity index (χ2n) is 4.92. The first kappa shape index (κ1) is 12.5. The maximum Gasteiger partial charge on any atom is 0.163 e. The molecular formula is C16H14N2O2. The topological polar surface area (TPSA) is 49.7 Å². The van der Waals surface area contributed by atoms with Gasteiger partial charge in [-0.15, -0.1) is 0 Å². The molecule has 0 atom stereocenters. The maximum atomic E-state index is 11.5. The fraction of sp³-hybridized carbons (Fsp3) is 0.188. The van der Waals surface area contributed by atoms with Crippen LogP contribution in [0.5, 0.6) is 0 Å². The number of benzene rings is 1. The molecule has 4 nitrogen and oxygen atoms in total. The fourth-order valence-corrected chi connectivity index (χ4v) is 2.48. The number of allylic oxidation sites excluding steroid dienone is 1. The molecule has 100 valence electrons. The lowest BCUT2D eigenvalue weighted by Gasteiger charge is -2.23. The molecule has 3 rings (SSSR count). The number of ketones is 2. The largest absolute Gasteiger partial charge is 0.342 e. The minimum atomic E-state index is -0.0976. The number of carbonyl (C=O) groups is 2. The third-order valence-electron chi connectivity index (χ3n) is 3.33. The van der Waals surface area contributed by atoms with Crippen LogP contribution in [0, 0.1) is 0 Å². The Labute approximate surface area is 117 Å². The maximum absolute atomic E-state index is 11.5. The average Bonchev–Trinajstić information content (AvgIpc) is 2.61. The summed E-state index contributed by atoms with van der Waals surface area (Å²) in [6.07, 6.45) is 7.39. The first-order valence-corrected chi connectivity index (χ1v) is 6.52. The summed E-state index contributed by atoms with van der Waals surface area (Å²) in [4.78, 5) is 29.2. The van der Waals surface area contributed by atoms with Crippen LogP contribution >= 0.6 is 0 Å². The van der Waals surface area contributed by atoms with Crippen molar-refractivity contribution in [3.63, 3.8) is 0 Å². The number of rotatable bonds is 2. The Morgan fingerprint density at radius 3 is 2.85 bits per heavy atom. The number of nitrogens with zero attached hydrogens (tertiary/aromatic N) is 2. The number of para-hydroxylation sites is 1. The van der Waals surface area contributed by atoms with Crippen LogP contribution in [0.15, 0.2) is 53.3 Å². The number of Topliss-reactive ketones (excluding diaryl/α,β-unsaturated/α-hetero) is 1. The number of fused-ring (bicyclic) bond motifs is 1. The Morgan fingerprint density at radius 2 is 2.00 bits per heavy atom. The van der Waals surface area contributed by atoms with Crippen LogP contribution in [0.4, 0.5) is 5.69 Å². The van der Waals surface area contributed by atoms with E-state index in [0.29, 0.717) is 13.0 Å². The predicted molar refractivity (Wildman–Crippen MR) is 77.9 cm³/mol. The lowest BCUT2D eigenvalue weighted by atomic mass is 9.97. The molecule has 0 fully saturated rings. The lowest BCUT2D eigenvalue weighted by Crippen LogP contribution is -2.24. The lowest BCUT2D eigenvalue weighted by molar-refractivity contribution is -0.125. The predicted octanol–water partition coefficient (Wildman–Crippen LogP) is 2.26. The van der Waals surface area contributed by atoms with Crippen LogP contribution in [0.25, 0.3) is 0 Å². The zero-order chi connectivity index (χ0) is 13.9. The number of carbonyl (C=O) groups excluding carboxylic acids is 2. The van der Waals surface area contributed by atoms with Gasteiger partial charge in [-0.05, 0) is 17.7 Å². The number of hydrogen-bond donors (Lipinski definition) is 0. The Balaban J connectivity index is 1.88. The molecule has 0 N–H and O–H groups in total. The van der Waals surface area contributed by atoms with E-state index in [4.69, 9.17) is 0 Å². The second kappa shape index (κ2) is 5.25. The number of aliphatic imine (C=N–C) groups is 1. The Hall–Kier alpha value is -2.49. The van der Waals surface area contributed by atoms with Gasteiger partial charge in [0, 0.05) is 42.8 Å². The van der Waals surface area contributed by atoms with Crippen molar-refractivity contribution < 1.29 is 9.59 Å².